The highest BCUT2D eigenvalue weighted by Crippen LogP contribution is 2.10. The lowest BCUT2D eigenvalue weighted by Gasteiger charge is -2.16. The van der Waals surface area contributed by atoms with Crippen LogP contribution in [0.1, 0.15) is 22.6 Å². The van der Waals surface area contributed by atoms with Crippen molar-refractivity contribution >= 4 is 5.82 Å². The molecule has 5 heteroatoms. The van der Waals surface area contributed by atoms with E-state index in [4.69, 9.17) is 5.84 Å². The molecule has 1 heterocycles. The summed E-state index contributed by atoms with van der Waals surface area (Å²) >= 11 is 0. The van der Waals surface area contributed by atoms with Crippen molar-refractivity contribution in [2.45, 2.75) is 26.9 Å². The molecule has 0 amide bonds. The van der Waals surface area contributed by atoms with Crippen molar-refractivity contribution in [1.82, 2.24) is 14.9 Å². The van der Waals surface area contributed by atoms with Crippen molar-refractivity contribution in [2.75, 3.05) is 12.5 Å². The predicted octanol–water partition coefficient (Wildman–Crippen LogP) is 2.01. The highest BCUT2D eigenvalue weighted by atomic mass is 15.3. The molecule has 0 atom stereocenters. The second-order valence-corrected chi connectivity index (χ2v) is 5.12. The second kappa shape index (κ2) is 6.45. The van der Waals surface area contributed by atoms with Crippen molar-refractivity contribution in [3.63, 3.8) is 0 Å². The Kier molecular flexibility index (Phi) is 4.65. The number of nitrogen functional groups attached to an aromatic ring is 1. The summed E-state index contributed by atoms with van der Waals surface area (Å²) in [5.41, 5.74) is 6.04. The minimum Gasteiger partial charge on any atom is -0.308 e. The molecule has 1 aromatic heterocycles. The molecule has 0 saturated carbocycles. The smallest absolute Gasteiger partial charge is 0.145 e. The summed E-state index contributed by atoms with van der Waals surface area (Å²) in [6.45, 7) is 5.59. The Hall–Kier alpha value is -1.98. The molecule has 3 N–H and O–H groups in total. The van der Waals surface area contributed by atoms with Gasteiger partial charge < -0.3 is 5.43 Å². The molecule has 5 nitrogen and oxygen atoms in total. The molecule has 0 aliphatic carbocycles. The normalized spacial score (nSPS) is 10.8. The van der Waals surface area contributed by atoms with E-state index in [1.165, 1.54) is 11.1 Å². The molecule has 2 rings (SSSR count). The zero-order valence-electron chi connectivity index (χ0n) is 12.2. The van der Waals surface area contributed by atoms with Crippen LogP contribution in [0.2, 0.25) is 0 Å². The number of anilines is 1. The molecule has 106 valence electrons. The van der Waals surface area contributed by atoms with Crippen LogP contribution < -0.4 is 11.3 Å². The van der Waals surface area contributed by atoms with E-state index < -0.39 is 0 Å². The Labute approximate surface area is 119 Å². The van der Waals surface area contributed by atoms with Crippen molar-refractivity contribution < 1.29 is 0 Å². The maximum Gasteiger partial charge on any atom is 0.145 e. The largest absolute Gasteiger partial charge is 0.308 e. The van der Waals surface area contributed by atoms with Crippen LogP contribution in [0.3, 0.4) is 0 Å². The molecular weight excluding hydrogens is 250 g/mol. The topological polar surface area (TPSA) is 67.1 Å². The lowest BCUT2D eigenvalue weighted by Crippen LogP contribution is -2.20. The minimum absolute atomic E-state index is 0.649. The fourth-order valence-corrected chi connectivity index (χ4v) is 2.19. The summed E-state index contributed by atoms with van der Waals surface area (Å²) in [6.07, 6.45) is 0. The number of hydrogen-bond acceptors (Lipinski definition) is 5. The number of nitrogens with one attached hydrogen (secondary N) is 1. The van der Waals surface area contributed by atoms with Crippen molar-refractivity contribution in [2.24, 2.45) is 5.84 Å². The zero-order chi connectivity index (χ0) is 14.5. The summed E-state index contributed by atoms with van der Waals surface area (Å²) < 4.78 is 0. The first-order chi connectivity index (χ1) is 9.56. The Balaban J connectivity index is 2.04. The zero-order valence-corrected chi connectivity index (χ0v) is 12.2. The highest BCUT2D eigenvalue weighted by molar-refractivity contribution is 5.33. The summed E-state index contributed by atoms with van der Waals surface area (Å²) in [5, 5.41) is 0. The Morgan fingerprint density at radius 3 is 2.65 bits per heavy atom. The first kappa shape index (κ1) is 14.4. The molecule has 1 aromatic carbocycles. The first-order valence-electron chi connectivity index (χ1n) is 6.62. The summed E-state index contributed by atoms with van der Waals surface area (Å²) in [5.74, 6) is 6.83. The van der Waals surface area contributed by atoms with Crippen molar-refractivity contribution in [1.29, 1.82) is 0 Å². The minimum atomic E-state index is 0.649. The SMILES string of the molecule is Cc1cccc(CN(C)Cc2nc(C)cc(NN)n2)c1. The maximum absolute atomic E-state index is 5.40. The summed E-state index contributed by atoms with van der Waals surface area (Å²) in [6, 6.07) is 10.3. The van der Waals surface area contributed by atoms with Crippen LogP contribution >= 0.6 is 0 Å². The van der Waals surface area contributed by atoms with E-state index in [2.05, 4.69) is 58.5 Å². The fourth-order valence-electron chi connectivity index (χ4n) is 2.19. The monoisotopic (exact) mass is 271 g/mol. The van der Waals surface area contributed by atoms with E-state index in [0.717, 1.165) is 18.1 Å². The van der Waals surface area contributed by atoms with Crippen LogP contribution in [0.25, 0.3) is 0 Å². The molecule has 0 fully saturated rings. The van der Waals surface area contributed by atoms with Gasteiger partial charge in [-0.25, -0.2) is 15.8 Å². The quantitative estimate of drug-likeness (QED) is 0.643. The number of nitrogens with two attached hydrogens (primary N) is 1. The number of rotatable bonds is 5. The van der Waals surface area contributed by atoms with Gasteiger partial charge in [-0.1, -0.05) is 29.8 Å². The van der Waals surface area contributed by atoms with Gasteiger partial charge in [0.05, 0.1) is 6.54 Å². The molecule has 0 spiro atoms. The molecule has 0 saturated heterocycles. The molecular formula is C15H21N5. The standard InChI is InChI=1S/C15H21N5/c1-11-5-4-6-13(7-11)9-20(3)10-15-17-12(2)8-14(18-15)19-16/h4-8H,9-10,16H2,1-3H3,(H,17,18,19). The first-order valence-corrected chi connectivity index (χ1v) is 6.62. The second-order valence-electron chi connectivity index (χ2n) is 5.12. The molecule has 0 unspecified atom stereocenters. The fraction of sp³-hybridized carbons (Fsp3) is 0.333. The van der Waals surface area contributed by atoms with Gasteiger partial charge in [0.1, 0.15) is 11.6 Å². The van der Waals surface area contributed by atoms with Crippen LogP contribution in [0, 0.1) is 13.8 Å². The van der Waals surface area contributed by atoms with Gasteiger partial charge in [0.2, 0.25) is 0 Å². The van der Waals surface area contributed by atoms with Crippen molar-refractivity contribution in [3.05, 3.63) is 53.0 Å². The van der Waals surface area contributed by atoms with Gasteiger partial charge in [-0.05, 0) is 26.5 Å². The van der Waals surface area contributed by atoms with Crippen molar-refractivity contribution in [3.8, 4) is 0 Å². The molecule has 20 heavy (non-hydrogen) atoms. The number of benzene rings is 1. The Bertz CT molecular complexity index is 582. The highest BCUT2D eigenvalue weighted by Gasteiger charge is 2.06. The number of hydrogen-bond donors (Lipinski definition) is 2. The average molecular weight is 271 g/mol. The molecule has 0 aliphatic rings. The maximum atomic E-state index is 5.40. The molecule has 0 aliphatic heterocycles. The van der Waals surface area contributed by atoms with Crippen LogP contribution in [-0.4, -0.2) is 21.9 Å². The lowest BCUT2D eigenvalue weighted by molar-refractivity contribution is 0.310. The van der Waals surface area contributed by atoms with E-state index in [0.29, 0.717) is 12.4 Å². The number of aromatic nitrogens is 2. The Morgan fingerprint density at radius 1 is 1.15 bits per heavy atom. The van der Waals surface area contributed by atoms with Gasteiger partial charge >= 0.3 is 0 Å². The Morgan fingerprint density at radius 2 is 1.95 bits per heavy atom. The van der Waals surface area contributed by atoms with Gasteiger partial charge in [0.25, 0.3) is 0 Å². The predicted molar refractivity (Wildman–Crippen MR) is 80.9 cm³/mol. The summed E-state index contributed by atoms with van der Waals surface area (Å²) in [4.78, 5) is 11.0. The number of hydrazine groups is 1. The van der Waals surface area contributed by atoms with E-state index in [-0.39, 0.29) is 0 Å². The van der Waals surface area contributed by atoms with E-state index in [9.17, 15) is 0 Å². The van der Waals surface area contributed by atoms with E-state index in [1.54, 1.807) is 0 Å². The van der Waals surface area contributed by atoms with Gasteiger partial charge in [-0.3, -0.25) is 4.90 Å². The third kappa shape index (κ3) is 4.01. The summed E-state index contributed by atoms with van der Waals surface area (Å²) in [7, 11) is 2.06. The lowest BCUT2D eigenvalue weighted by atomic mass is 10.1. The average Bonchev–Trinajstić information content (AvgIpc) is 2.37. The van der Waals surface area contributed by atoms with Gasteiger partial charge in [0.15, 0.2) is 0 Å². The van der Waals surface area contributed by atoms with Crippen LogP contribution in [0.5, 0.6) is 0 Å². The van der Waals surface area contributed by atoms with Gasteiger partial charge in [-0.2, -0.15) is 0 Å². The molecule has 0 bridgehead atoms. The van der Waals surface area contributed by atoms with E-state index >= 15 is 0 Å². The van der Waals surface area contributed by atoms with Crippen LogP contribution in [0.4, 0.5) is 5.82 Å². The van der Waals surface area contributed by atoms with Gasteiger partial charge in [0, 0.05) is 18.3 Å². The molecule has 0 radical (unpaired) electrons. The number of nitrogens with zero attached hydrogens (tertiary/aromatic N) is 3. The van der Waals surface area contributed by atoms with Gasteiger partial charge in [-0.15, -0.1) is 0 Å². The third-order valence-electron chi connectivity index (χ3n) is 2.99. The molecule has 2 aromatic rings. The van der Waals surface area contributed by atoms with E-state index in [1.807, 2.05) is 13.0 Å². The third-order valence-corrected chi connectivity index (χ3v) is 2.99. The van der Waals surface area contributed by atoms with Crippen LogP contribution in [-0.2, 0) is 13.1 Å². The number of aryl methyl sites for hydroxylation is 2. The van der Waals surface area contributed by atoms with Crippen LogP contribution in [0.15, 0.2) is 30.3 Å².